The third kappa shape index (κ3) is 3.91. The lowest BCUT2D eigenvalue weighted by Gasteiger charge is -2.25. The van der Waals surface area contributed by atoms with Crippen LogP contribution in [0, 0.1) is 0 Å². The molecule has 1 saturated heterocycles. The van der Waals surface area contributed by atoms with Crippen LogP contribution in [0.25, 0.3) is 0 Å². The standard InChI is InChI=1S/C17H24N2O3/c1-13(20)18-15(12-19-6-2-3-7-19)10-14-4-5-16-17(11-14)22-9-8-21-16/h4-5,11,15H,2-3,6-10,12H2,1H3,(H,18,20)/t15-/m1/s1. The second kappa shape index (κ2) is 7.01. The molecule has 1 aromatic carbocycles. The summed E-state index contributed by atoms with van der Waals surface area (Å²) in [5.41, 5.74) is 1.17. The molecule has 0 radical (unpaired) electrons. The molecule has 5 heteroatoms. The maximum absolute atomic E-state index is 11.5. The fourth-order valence-electron chi connectivity index (χ4n) is 3.22. The first-order valence-electron chi connectivity index (χ1n) is 8.09. The summed E-state index contributed by atoms with van der Waals surface area (Å²) in [7, 11) is 0. The highest BCUT2D eigenvalue weighted by atomic mass is 16.6. The number of rotatable bonds is 5. The largest absolute Gasteiger partial charge is 0.486 e. The molecule has 2 aliphatic heterocycles. The van der Waals surface area contributed by atoms with E-state index in [4.69, 9.17) is 9.47 Å². The molecule has 0 unspecified atom stereocenters. The SMILES string of the molecule is CC(=O)N[C@H](Cc1ccc2c(c1)OCCO2)CN1CCCC1. The van der Waals surface area contributed by atoms with Gasteiger partial charge in [-0.2, -0.15) is 0 Å². The summed E-state index contributed by atoms with van der Waals surface area (Å²) in [5.74, 6) is 1.65. The van der Waals surface area contributed by atoms with Crippen LogP contribution in [0.3, 0.4) is 0 Å². The number of amides is 1. The molecule has 120 valence electrons. The van der Waals surface area contributed by atoms with Crippen LogP contribution in [0.4, 0.5) is 0 Å². The van der Waals surface area contributed by atoms with Gasteiger partial charge < -0.3 is 19.7 Å². The van der Waals surface area contributed by atoms with Crippen molar-refractivity contribution in [2.24, 2.45) is 0 Å². The van der Waals surface area contributed by atoms with Crippen molar-refractivity contribution in [3.63, 3.8) is 0 Å². The molecule has 0 bridgehead atoms. The van der Waals surface area contributed by atoms with Crippen molar-refractivity contribution < 1.29 is 14.3 Å². The van der Waals surface area contributed by atoms with E-state index in [1.165, 1.54) is 18.4 Å². The molecule has 1 aromatic rings. The molecular weight excluding hydrogens is 280 g/mol. The van der Waals surface area contributed by atoms with E-state index >= 15 is 0 Å². The highest BCUT2D eigenvalue weighted by Crippen LogP contribution is 2.31. The van der Waals surface area contributed by atoms with E-state index < -0.39 is 0 Å². The molecule has 1 amide bonds. The molecule has 2 heterocycles. The third-order valence-electron chi connectivity index (χ3n) is 4.17. The molecule has 1 fully saturated rings. The number of ether oxygens (including phenoxy) is 2. The average molecular weight is 304 g/mol. The number of likely N-dealkylation sites (tertiary alicyclic amines) is 1. The van der Waals surface area contributed by atoms with E-state index in [2.05, 4.69) is 16.3 Å². The number of hydrogen-bond donors (Lipinski definition) is 1. The van der Waals surface area contributed by atoms with Crippen LogP contribution < -0.4 is 14.8 Å². The number of carbonyl (C=O) groups excluding carboxylic acids is 1. The van der Waals surface area contributed by atoms with Gasteiger partial charge in [0.25, 0.3) is 0 Å². The number of hydrogen-bond acceptors (Lipinski definition) is 4. The zero-order valence-corrected chi connectivity index (χ0v) is 13.1. The van der Waals surface area contributed by atoms with E-state index in [0.29, 0.717) is 13.2 Å². The maximum atomic E-state index is 11.5. The van der Waals surface area contributed by atoms with Crippen LogP contribution in [0.5, 0.6) is 11.5 Å². The normalized spacial score (nSPS) is 19.0. The number of fused-ring (bicyclic) bond motifs is 1. The first kappa shape index (κ1) is 15.2. The summed E-state index contributed by atoms with van der Waals surface area (Å²) in [6.07, 6.45) is 3.33. The van der Waals surface area contributed by atoms with Crippen LogP contribution >= 0.6 is 0 Å². The monoisotopic (exact) mass is 304 g/mol. The van der Waals surface area contributed by atoms with Crippen molar-refractivity contribution in [2.45, 2.75) is 32.2 Å². The third-order valence-corrected chi connectivity index (χ3v) is 4.17. The van der Waals surface area contributed by atoms with Crippen molar-refractivity contribution in [3.05, 3.63) is 23.8 Å². The Morgan fingerprint density at radius 3 is 2.68 bits per heavy atom. The summed E-state index contributed by atoms with van der Waals surface area (Å²) < 4.78 is 11.2. The summed E-state index contributed by atoms with van der Waals surface area (Å²) in [5, 5.41) is 3.08. The van der Waals surface area contributed by atoms with Crippen molar-refractivity contribution >= 4 is 5.91 Å². The summed E-state index contributed by atoms with van der Waals surface area (Å²) in [6.45, 7) is 5.97. The predicted molar refractivity (Wildman–Crippen MR) is 84.4 cm³/mol. The second-order valence-electron chi connectivity index (χ2n) is 6.09. The second-order valence-corrected chi connectivity index (χ2v) is 6.09. The Kier molecular flexibility index (Phi) is 4.83. The van der Waals surface area contributed by atoms with Crippen molar-refractivity contribution in [1.82, 2.24) is 10.2 Å². The summed E-state index contributed by atoms with van der Waals surface area (Å²) in [4.78, 5) is 13.9. The lowest BCUT2D eigenvalue weighted by atomic mass is 10.0. The Bertz CT molecular complexity index is 527. The minimum Gasteiger partial charge on any atom is -0.486 e. The highest BCUT2D eigenvalue weighted by molar-refractivity contribution is 5.73. The highest BCUT2D eigenvalue weighted by Gasteiger charge is 2.20. The van der Waals surface area contributed by atoms with Gasteiger partial charge in [0.2, 0.25) is 5.91 Å². The zero-order chi connectivity index (χ0) is 15.4. The first-order chi connectivity index (χ1) is 10.7. The smallest absolute Gasteiger partial charge is 0.217 e. The van der Waals surface area contributed by atoms with Crippen LogP contribution in [0.2, 0.25) is 0 Å². The molecule has 1 N–H and O–H groups in total. The van der Waals surface area contributed by atoms with Crippen LogP contribution in [0.15, 0.2) is 18.2 Å². The lowest BCUT2D eigenvalue weighted by molar-refractivity contribution is -0.119. The Morgan fingerprint density at radius 2 is 1.95 bits per heavy atom. The average Bonchev–Trinajstić information content (AvgIpc) is 2.99. The Hall–Kier alpha value is -1.75. The minimum atomic E-state index is 0.0294. The molecule has 1 atom stereocenters. The minimum absolute atomic E-state index is 0.0294. The quantitative estimate of drug-likeness (QED) is 0.898. The molecule has 5 nitrogen and oxygen atoms in total. The van der Waals surface area contributed by atoms with Gasteiger partial charge in [-0.1, -0.05) is 6.07 Å². The number of benzene rings is 1. The summed E-state index contributed by atoms with van der Waals surface area (Å²) >= 11 is 0. The lowest BCUT2D eigenvalue weighted by Crippen LogP contribution is -2.43. The predicted octanol–water partition coefficient (Wildman–Crippen LogP) is 1.60. The van der Waals surface area contributed by atoms with E-state index in [9.17, 15) is 4.79 Å². The fourth-order valence-corrected chi connectivity index (χ4v) is 3.22. The van der Waals surface area contributed by atoms with Gasteiger partial charge in [-0.25, -0.2) is 0 Å². The number of carbonyl (C=O) groups is 1. The van der Waals surface area contributed by atoms with Gasteiger partial charge >= 0.3 is 0 Å². The molecule has 0 aliphatic carbocycles. The van der Waals surface area contributed by atoms with Crippen LogP contribution in [-0.2, 0) is 11.2 Å². The number of nitrogens with one attached hydrogen (secondary N) is 1. The van der Waals surface area contributed by atoms with E-state index in [-0.39, 0.29) is 11.9 Å². The van der Waals surface area contributed by atoms with Crippen molar-refractivity contribution in [1.29, 1.82) is 0 Å². The summed E-state index contributed by atoms with van der Waals surface area (Å²) in [6, 6.07) is 6.20. The molecule has 22 heavy (non-hydrogen) atoms. The van der Waals surface area contributed by atoms with E-state index in [0.717, 1.165) is 37.6 Å². The van der Waals surface area contributed by atoms with Crippen LogP contribution in [0.1, 0.15) is 25.3 Å². The maximum Gasteiger partial charge on any atom is 0.217 e. The van der Waals surface area contributed by atoms with Gasteiger partial charge in [-0.05, 0) is 50.0 Å². The molecule has 0 spiro atoms. The fraction of sp³-hybridized carbons (Fsp3) is 0.588. The molecule has 0 aromatic heterocycles. The Labute approximate surface area is 131 Å². The van der Waals surface area contributed by atoms with Gasteiger partial charge in [-0.15, -0.1) is 0 Å². The first-order valence-corrected chi connectivity index (χ1v) is 8.09. The Morgan fingerprint density at radius 1 is 1.23 bits per heavy atom. The zero-order valence-electron chi connectivity index (χ0n) is 13.1. The van der Waals surface area contributed by atoms with Gasteiger partial charge in [0.1, 0.15) is 13.2 Å². The van der Waals surface area contributed by atoms with Gasteiger partial charge in [-0.3, -0.25) is 4.79 Å². The van der Waals surface area contributed by atoms with Gasteiger partial charge in [0, 0.05) is 19.5 Å². The molecular formula is C17H24N2O3. The van der Waals surface area contributed by atoms with Crippen molar-refractivity contribution in [2.75, 3.05) is 32.8 Å². The number of nitrogens with zero attached hydrogens (tertiary/aromatic N) is 1. The van der Waals surface area contributed by atoms with Crippen molar-refractivity contribution in [3.8, 4) is 11.5 Å². The van der Waals surface area contributed by atoms with Crippen LogP contribution in [-0.4, -0.2) is 49.7 Å². The molecule has 0 saturated carbocycles. The van der Waals surface area contributed by atoms with Gasteiger partial charge in [0.05, 0.1) is 0 Å². The van der Waals surface area contributed by atoms with E-state index in [1.54, 1.807) is 6.92 Å². The van der Waals surface area contributed by atoms with E-state index in [1.807, 2.05) is 12.1 Å². The Balaban J connectivity index is 1.67. The molecule has 3 rings (SSSR count). The topological polar surface area (TPSA) is 50.8 Å². The molecule has 2 aliphatic rings. The van der Waals surface area contributed by atoms with Gasteiger partial charge in [0.15, 0.2) is 11.5 Å².